The van der Waals surface area contributed by atoms with Crippen molar-refractivity contribution < 1.29 is 4.79 Å². The summed E-state index contributed by atoms with van der Waals surface area (Å²) in [5.41, 5.74) is 2.73. The van der Waals surface area contributed by atoms with E-state index in [-0.39, 0.29) is 5.91 Å². The summed E-state index contributed by atoms with van der Waals surface area (Å²) in [4.78, 5) is 13.5. The van der Waals surface area contributed by atoms with Gasteiger partial charge < -0.3 is 4.90 Å². The van der Waals surface area contributed by atoms with Crippen LogP contribution in [-0.4, -0.2) is 17.4 Å². The third-order valence-corrected chi connectivity index (χ3v) is 3.48. The Balaban J connectivity index is 2.37. The summed E-state index contributed by atoms with van der Waals surface area (Å²) in [7, 11) is 0. The Morgan fingerprint density at radius 2 is 2.06 bits per heavy atom. The molecular formula is C14H19NO. The van der Waals surface area contributed by atoms with Crippen LogP contribution >= 0.6 is 0 Å². The smallest absolute Gasteiger partial charge is 0.219 e. The fourth-order valence-corrected chi connectivity index (χ4v) is 2.46. The van der Waals surface area contributed by atoms with Gasteiger partial charge in [-0.2, -0.15) is 0 Å². The van der Waals surface area contributed by atoms with Gasteiger partial charge in [0.1, 0.15) is 0 Å². The average Bonchev–Trinajstić information content (AvgIpc) is 2.27. The second kappa shape index (κ2) is 4.28. The predicted octanol–water partition coefficient (Wildman–Crippen LogP) is 2.79. The van der Waals surface area contributed by atoms with E-state index in [1.54, 1.807) is 6.92 Å². The van der Waals surface area contributed by atoms with Gasteiger partial charge in [0.05, 0.1) is 0 Å². The Bertz CT molecular complexity index is 397. The molecule has 0 spiro atoms. The molecule has 0 saturated carbocycles. The minimum Gasteiger partial charge on any atom is -0.338 e. The van der Waals surface area contributed by atoms with Crippen LogP contribution in [0.15, 0.2) is 24.3 Å². The van der Waals surface area contributed by atoms with E-state index in [4.69, 9.17) is 0 Å². The molecule has 1 aliphatic heterocycles. The molecule has 2 rings (SSSR count). The van der Waals surface area contributed by atoms with Gasteiger partial charge in [-0.15, -0.1) is 0 Å². The summed E-state index contributed by atoms with van der Waals surface area (Å²) in [5.74, 6) is 1.23. The number of benzene rings is 1. The van der Waals surface area contributed by atoms with Gasteiger partial charge in [-0.1, -0.05) is 38.1 Å². The van der Waals surface area contributed by atoms with Crippen molar-refractivity contribution in [1.29, 1.82) is 0 Å². The first-order valence-corrected chi connectivity index (χ1v) is 5.93. The highest BCUT2D eigenvalue weighted by molar-refractivity contribution is 5.73. The molecule has 0 saturated heterocycles. The summed E-state index contributed by atoms with van der Waals surface area (Å²) in [6, 6.07) is 8.49. The summed E-state index contributed by atoms with van der Waals surface area (Å²) < 4.78 is 0. The summed E-state index contributed by atoms with van der Waals surface area (Å²) in [6.07, 6.45) is 0. The van der Waals surface area contributed by atoms with Crippen LogP contribution in [0.4, 0.5) is 0 Å². The van der Waals surface area contributed by atoms with E-state index in [2.05, 4.69) is 38.1 Å². The summed E-state index contributed by atoms with van der Waals surface area (Å²) in [5, 5.41) is 0. The molecule has 1 heterocycles. The first-order valence-electron chi connectivity index (χ1n) is 5.93. The highest BCUT2D eigenvalue weighted by atomic mass is 16.2. The maximum Gasteiger partial charge on any atom is 0.219 e. The minimum absolute atomic E-state index is 0.181. The zero-order chi connectivity index (χ0) is 11.7. The van der Waals surface area contributed by atoms with Crippen LogP contribution in [0.1, 0.15) is 37.8 Å². The molecule has 0 N–H and O–H groups in total. The normalized spacial score (nSPS) is 19.8. The van der Waals surface area contributed by atoms with E-state index in [9.17, 15) is 4.79 Å². The van der Waals surface area contributed by atoms with Gasteiger partial charge in [-0.05, 0) is 17.0 Å². The number of fused-ring (bicyclic) bond motifs is 1. The third kappa shape index (κ3) is 1.97. The van der Waals surface area contributed by atoms with Crippen molar-refractivity contribution >= 4 is 5.91 Å². The third-order valence-electron chi connectivity index (χ3n) is 3.48. The highest BCUT2D eigenvalue weighted by Gasteiger charge is 2.27. The van der Waals surface area contributed by atoms with Crippen molar-refractivity contribution in [2.45, 2.75) is 33.2 Å². The van der Waals surface area contributed by atoms with Gasteiger partial charge in [-0.25, -0.2) is 0 Å². The average molecular weight is 217 g/mol. The van der Waals surface area contributed by atoms with Crippen LogP contribution in [0.3, 0.4) is 0 Å². The van der Waals surface area contributed by atoms with E-state index in [1.165, 1.54) is 11.1 Å². The predicted molar refractivity (Wildman–Crippen MR) is 65.1 cm³/mol. The van der Waals surface area contributed by atoms with Crippen LogP contribution < -0.4 is 0 Å². The van der Waals surface area contributed by atoms with E-state index in [0.29, 0.717) is 11.8 Å². The molecule has 1 aromatic rings. The molecule has 1 unspecified atom stereocenters. The lowest BCUT2D eigenvalue weighted by Gasteiger charge is -2.36. The first-order chi connectivity index (χ1) is 7.59. The quantitative estimate of drug-likeness (QED) is 0.708. The molecular weight excluding hydrogens is 198 g/mol. The largest absolute Gasteiger partial charge is 0.338 e. The number of carbonyl (C=O) groups excluding carboxylic acids is 1. The lowest BCUT2D eigenvalue weighted by Crippen LogP contribution is -2.38. The SMILES string of the molecule is CC(=O)N1Cc2ccccc2C(C(C)C)C1. The standard InChI is InChI=1S/C14H19NO/c1-10(2)14-9-15(11(3)16)8-12-6-4-5-7-13(12)14/h4-7,10,14H,8-9H2,1-3H3. The van der Waals surface area contributed by atoms with Crippen LogP contribution in [0.2, 0.25) is 0 Å². The maximum absolute atomic E-state index is 11.5. The molecule has 0 radical (unpaired) electrons. The van der Waals surface area contributed by atoms with E-state index in [0.717, 1.165) is 13.1 Å². The fourth-order valence-electron chi connectivity index (χ4n) is 2.46. The number of nitrogens with zero attached hydrogens (tertiary/aromatic N) is 1. The van der Waals surface area contributed by atoms with Crippen molar-refractivity contribution in [2.24, 2.45) is 5.92 Å². The molecule has 16 heavy (non-hydrogen) atoms. The van der Waals surface area contributed by atoms with Gasteiger partial charge in [0.25, 0.3) is 0 Å². The second-order valence-electron chi connectivity index (χ2n) is 4.95. The van der Waals surface area contributed by atoms with E-state index >= 15 is 0 Å². The molecule has 0 bridgehead atoms. The monoisotopic (exact) mass is 217 g/mol. The minimum atomic E-state index is 0.181. The van der Waals surface area contributed by atoms with E-state index < -0.39 is 0 Å². The Labute approximate surface area is 97.3 Å². The lowest BCUT2D eigenvalue weighted by atomic mass is 9.82. The van der Waals surface area contributed by atoms with Crippen molar-refractivity contribution in [1.82, 2.24) is 4.90 Å². The van der Waals surface area contributed by atoms with Crippen LogP contribution in [0.5, 0.6) is 0 Å². The zero-order valence-electron chi connectivity index (χ0n) is 10.2. The number of amides is 1. The molecule has 0 aromatic heterocycles. The highest BCUT2D eigenvalue weighted by Crippen LogP contribution is 2.33. The Hall–Kier alpha value is -1.31. The van der Waals surface area contributed by atoms with Gasteiger partial charge in [0.15, 0.2) is 0 Å². The van der Waals surface area contributed by atoms with Gasteiger partial charge >= 0.3 is 0 Å². The first kappa shape index (κ1) is 11.2. The Morgan fingerprint density at radius 3 is 2.69 bits per heavy atom. The fraction of sp³-hybridized carbons (Fsp3) is 0.500. The zero-order valence-corrected chi connectivity index (χ0v) is 10.2. The summed E-state index contributed by atoms with van der Waals surface area (Å²) in [6.45, 7) is 7.75. The maximum atomic E-state index is 11.5. The Kier molecular flexibility index (Phi) is 2.99. The van der Waals surface area contributed by atoms with Crippen LogP contribution in [-0.2, 0) is 11.3 Å². The molecule has 86 valence electrons. The van der Waals surface area contributed by atoms with Crippen molar-refractivity contribution in [3.8, 4) is 0 Å². The molecule has 0 fully saturated rings. The molecule has 1 aromatic carbocycles. The number of carbonyl (C=O) groups is 1. The number of hydrogen-bond donors (Lipinski definition) is 0. The second-order valence-corrected chi connectivity index (χ2v) is 4.95. The lowest BCUT2D eigenvalue weighted by molar-refractivity contribution is -0.130. The van der Waals surface area contributed by atoms with Crippen molar-refractivity contribution in [2.75, 3.05) is 6.54 Å². The van der Waals surface area contributed by atoms with Gasteiger partial charge in [0.2, 0.25) is 5.91 Å². The Morgan fingerprint density at radius 1 is 1.38 bits per heavy atom. The molecule has 1 atom stereocenters. The topological polar surface area (TPSA) is 20.3 Å². The van der Waals surface area contributed by atoms with E-state index in [1.807, 2.05) is 4.90 Å². The van der Waals surface area contributed by atoms with Gasteiger partial charge in [-0.3, -0.25) is 4.79 Å². The van der Waals surface area contributed by atoms with Crippen molar-refractivity contribution in [3.63, 3.8) is 0 Å². The molecule has 1 aliphatic rings. The van der Waals surface area contributed by atoms with Crippen LogP contribution in [0.25, 0.3) is 0 Å². The summed E-state index contributed by atoms with van der Waals surface area (Å²) >= 11 is 0. The molecule has 2 heteroatoms. The van der Waals surface area contributed by atoms with Gasteiger partial charge in [0, 0.05) is 25.9 Å². The molecule has 2 nitrogen and oxygen atoms in total. The number of hydrogen-bond acceptors (Lipinski definition) is 1. The van der Waals surface area contributed by atoms with Crippen molar-refractivity contribution in [3.05, 3.63) is 35.4 Å². The number of rotatable bonds is 1. The molecule has 0 aliphatic carbocycles. The molecule has 1 amide bonds. The van der Waals surface area contributed by atoms with Crippen LogP contribution in [0, 0.1) is 5.92 Å².